The fourth-order valence-corrected chi connectivity index (χ4v) is 2.51. The summed E-state index contributed by atoms with van der Waals surface area (Å²) < 4.78 is 0. The molecule has 1 heterocycles. The van der Waals surface area contributed by atoms with Gasteiger partial charge in [0.25, 0.3) is 5.91 Å². The number of carbonyl (C=O) groups excluding carboxylic acids is 1. The predicted molar refractivity (Wildman–Crippen MR) is 81.1 cm³/mol. The topological polar surface area (TPSA) is 60.9 Å². The van der Waals surface area contributed by atoms with E-state index in [-0.39, 0.29) is 11.9 Å². The standard InChI is InChI=1S/C16H20N2O3/c1-12-11-17(2)9-10-18(12)16(21)14-6-3-13(4-7-14)5-8-15(19)20/h3-8,12H,9-11H2,1-2H3,(H,19,20)/b8-5+. The zero-order valence-corrected chi connectivity index (χ0v) is 12.3. The first kappa shape index (κ1) is 15.3. The van der Waals surface area contributed by atoms with Crippen LogP contribution in [0.25, 0.3) is 6.08 Å². The van der Waals surface area contributed by atoms with Gasteiger partial charge in [0.15, 0.2) is 0 Å². The maximum Gasteiger partial charge on any atom is 0.328 e. The maximum absolute atomic E-state index is 12.5. The molecule has 5 heteroatoms. The van der Waals surface area contributed by atoms with Crippen LogP contribution in [0.4, 0.5) is 0 Å². The second-order valence-electron chi connectivity index (χ2n) is 5.40. The molecule has 0 bridgehead atoms. The minimum Gasteiger partial charge on any atom is -0.478 e. The van der Waals surface area contributed by atoms with Gasteiger partial charge in [0.05, 0.1) is 0 Å². The van der Waals surface area contributed by atoms with Crippen LogP contribution in [0.2, 0.25) is 0 Å². The molecule has 1 saturated heterocycles. The Bertz CT molecular complexity index is 551. The van der Waals surface area contributed by atoms with E-state index in [9.17, 15) is 9.59 Å². The van der Waals surface area contributed by atoms with Crippen molar-refractivity contribution < 1.29 is 14.7 Å². The molecule has 112 valence electrons. The number of carboxylic acids is 1. The second kappa shape index (κ2) is 6.54. The number of benzene rings is 1. The van der Waals surface area contributed by atoms with E-state index in [4.69, 9.17) is 5.11 Å². The molecule has 0 aliphatic carbocycles. The third-order valence-corrected chi connectivity index (χ3v) is 3.67. The zero-order valence-electron chi connectivity index (χ0n) is 12.3. The number of carbonyl (C=O) groups is 2. The molecular formula is C16H20N2O3. The molecule has 0 saturated carbocycles. The number of piperazine rings is 1. The lowest BCUT2D eigenvalue weighted by atomic mass is 10.1. The minimum atomic E-state index is -0.985. The lowest BCUT2D eigenvalue weighted by Gasteiger charge is -2.38. The van der Waals surface area contributed by atoms with Crippen molar-refractivity contribution >= 4 is 18.0 Å². The first-order valence-corrected chi connectivity index (χ1v) is 6.98. The molecule has 5 nitrogen and oxygen atoms in total. The van der Waals surface area contributed by atoms with Crippen LogP contribution in [0.5, 0.6) is 0 Å². The number of rotatable bonds is 3. The second-order valence-corrected chi connectivity index (χ2v) is 5.40. The molecular weight excluding hydrogens is 268 g/mol. The summed E-state index contributed by atoms with van der Waals surface area (Å²) in [5.41, 5.74) is 1.40. The van der Waals surface area contributed by atoms with E-state index in [1.165, 1.54) is 6.08 Å². The van der Waals surface area contributed by atoms with Crippen molar-refractivity contribution in [3.05, 3.63) is 41.5 Å². The first-order valence-electron chi connectivity index (χ1n) is 6.98. The molecule has 0 spiro atoms. The summed E-state index contributed by atoms with van der Waals surface area (Å²) >= 11 is 0. The van der Waals surface area contributed by atoms with Gasteiger partial charge in [-0.15, -0.1) is 0 Å². The number of hydrogen-bond acceptors (Lipinski definition) is 3. The van der Waals surface area contributed by atoms with Crippen LogP contribution < -0.4 is 0 Å². The third kappa shape index (κ3) is 3.92. The number of nitrogens with zero attached hydrogens (tertiary/aromatic N) is 2. The van der Waals surface area contributed by atoms with Crippen molar-refractivity contribution in [1.29, 1.82) is 0 Å². The van der Waals surface area contributed by atoms with Gasteiger partial charge in [0.1, 0.15) is 0 Å². The van der Waals surface area contributed by atoms with Gasteiger partial charge in [-0.1, -0.05) is 12.1 Å². The van der Waals surface area contributed by atoms with E-state index in [2.05, 4.69) is 18.9 Å². The van der Waals surface area contributed by atoms with Crippen LogP contribution in [0.3, 0.4) is 0 Å². The Labute approximate surface area is 124 Å². The van der Waals surface area contributed by atoms with E-state index in [0.717, 1.165) is 31.3 Å². The van der Waals surface area contributed by atoms with Crippen molar-refractivity contribution in [2.24, 2.45) is 0 Å². The highest BCUT2D eigenvalue weighted by Gasteiger charge is 2.26. The SMILES string of the molecule is CC1CN(C)CCN1C(=O)c1ccc(/C=C/C(=O)O)cc1. The molecule has 1 atom stereocenters. The summed E-state index contributed by atoms with van der Waals surface area (Å²) in [6.45, 7) is 4.55. The van der Waals surface area contributed by atoms with Gasteiger partial charge < -0.3 is 14.9 Å². The molecule has 1 aromatic rings. The summed E-state index contributed by atoms with van der Waals surface area (Å²) in [5.74, 6) is -0.953. The monoisotopic (exact) mass is 288 g/mol. The highest BCUT2D eigenvalue weighted by Crippen LogP contribution is 2.14. The van der Waals surface area contributed by atoms with Crippen LogP contribution in [0.15, 0.2) is 30.3 Å². The van der Waals surface area contributed by atoms with Crippen molar-refractivity contribution in [1.82, 2.24) is 9.80 Å². The van der Waals surface area contributed by atoms with E-state index in [1.807, 2.05) is 4.90 Å². The Kier molecular flexibility index (Phi) is 4.75. The smallest absolute Gasteiger partial charge is 0.328 e. The molecule has 1 unspecified atom stereocenters. The first-order chi connectivity index (χ1) is 9.97. The zero-order chi connectivity index (χ0) is 15.4. The van der Waals surface area contributed by atoms with Crippen molar-refractivity contribution in [2.45, 2.75) is 13.0 Å². The maximum atomic E-state index is 12.5. The quantitative estimate of drug-likeness (QED) is 0.858. The Morgan fingerprint density at radius 1 is 1.24 bits per heavy atom. The molecule has 1 N–H and O–H groups in total. The molecule has 2 rings (SSSR count). The van der Waals surface area contributed by atoms with Crippen LogP contribution in [0.1, 0.15) is 22.8 Å². The molecule has 1 aliphatic heterocycles. The van der Waals surface area contributed by atoms with Crippen LogP contribution in [-0.4, -0.2) is 59.5 Å². The van der Waals surface area contributed by atoms with Gasteiger partial charge >= 0.3 is 5.97 Å². The van der Waals surface area contributed by atoms with Gasteiger partial charge in [0, 0.05) is 37.3 Å². The summed E-state index contributed by atoms with van der Waals surface area (Å²) in [5, 5.41) is 8.59. The number of amides is 1. The fraction of sp³-hybridized carbons (Fsp3) is 0.375. The Hall–Kier alpha value is -2.14. The minimum absolute atomic E-state index is 0.0318. The summed E-state index contributed by atoms with van der Waals surface area (Å²) in [6, 6.07) is 7.20. The highest BCUT2D eigenvalue weighted by molar-refractivity contribution is 5.95. The third-order valence-electron chi connectivity index (χ3n) is 3.67. The number of carboxylic acid groups (broad SMARTS) is 1. The number of likely N-dealkylation sites (N-methyl/N-ethyl adjacent to an activating group) is 1. The van der Waals surface area contributed by atoms with Crippen LogP contribution in [0, 0.1) is 0 Å². The number of hydrogen-bond donors (Lipinski definition) is 1. The molecule has 1 amide bonds. The Morgan fingerprint density at radius 3 is 2.48 bits per heavy atom. The van der Waals surface area contributed by atoms with Crippen LogP contribution in [-0.2, 0) is 4.79 Å². The van der Waals surface area contributed by atoms with Crippen LogP contribution >= 0.6 is 0 Å². The van der Waals surface area contributed by atoms with E-state index in [0.29, 0.717) is 5.56 Å². The normalized spacial score (nSPS) is 19.9. The molecule has 1 fully saturated rings. The van der Waals surface area contributed by atoms with Crippen molar-refractivity contribution in [3.63, 3.8) is 0 Å². The van der Waals surface area contributed by atoms with Crippen molar-refractivity contribution in [3.8, 4) is 0 Å². The average molecular weight is 288 g/mol. The molecule has 1 aliphatic rings. The molecule has 21 heavy (non-hydrogen) atoms. The number of aliphatic carboxylic acids is 1. The fourth-order valence-electron chi connectivity index (χ4n) is 2.51. The van der Waals surface area contributed by atoms with E-state index >= 15 is 0 Å². The highest BCUT2D eigenvalue weighted by atomic mass is 16.4. The van der Waals surface area contributed by atoms with Gasteiger partial charge in [-0.25, -0.2) is 4.79 Å². The summed E-state index contributed by atoms with van der Waals surface area (Å²) in [7, 11) is 2.06. The van der Waals surface area contributed by atoms with Gasteiger partial charge in [-0.05, 0) is 37.7 Å². The Balaban J connectivity index is 2.08. The van der Waals surface area contributed by atoms with Gasteiger partial charge in [-0.2, -0.15) is 0 Å². The molecule has 1 aromatic carbocycles. The lowest BCUT2D eigenvalue weighted by molar-refractivity contribution is -0.131. The van der Waals surface area contributed by atoms with E-state index < -0.39 is 5.97 Å². The van der Waals surface area contributed by atoms with Crippen molar-refractivity contribution in [2.75, 3.05) is 26.7 Å². The molecule has 0 aromatic heterocycles. The predicted octanol–water partition coefficient (Wildman–Crippen LogP) is 1.56. The summed E-state index contributed by atoms with van der Waals surface area (Å²) in [4.78, 5) is 27.1. The Morgan fingerprint density at radius 2 is 1.90 bits per heavy atom. The van der Waals surface area contributed by atoms with Gasteiger partial charge in [-0.3, -0.25) is 4.79 Å². The van der Waals surface area contributed by atoms with Gasteiger partial charge in [0.2, 0.25) is 0 Å². The average Bonchev–Trinajstić information content (AvgIpc) is 2.45. The lowest BCUT2D eigenvalue weighted by Crippen LogP contribution is -2.52. The molecule has 0 radical (unpaired) electrons. The summed E-state index contributed by atoms with van der Waals surface area (Å²) in [6.07, 6.45) is 2.59. The van der Waals surface area contributed by atoms with E-state index in [1.54, 1.807) is 24.3 Å². The largest absolute Gasteiger partial charge is 0.478 e.